The molecule has 85 heavy (non-hydrogen) atoms. The average Bonchev–Trinajstić information content (AvgIpc) is 3.08. The van der Waals surface area contributed by atoms with Crippen LogP contribution in [0.3, 0.4) is 0 Å². The summed E-state index contributed by atoms with van der Waals surface area (Å²) in [5, 5.41) is 30.3. The number of aromatic nitrogens is 3. The Kier molecular flexibility index (Phi) is 16.4. The van der Waals surface area contributed by atoms with E-state index in [0.29, 0.717) is 124 Å². The van der Waals surface area contributed by atoms with Crippen LogP contribution >= 0.6 is 0 Å². The van der Waals surface area contributed by atoms with Crippen LogP contribution in [0.4, 0.5) is 17.1 Å². The Bertz CT molecular complexity index is 3600. The van der Waals surface area contributed by atoms with Crippen molar-refractivity contribution in [3.63, 3.8) is 0 Å². The molecule has 0 bridgehead atoms. The van der Waals surface area contributed by atoms with Crippen molar-refractivity contribution in [3.05, 3.63) is 306 Å². The lowest BCUT2D eigenvalue weighted by Gasteiger charge is -2.26. The van der Waals surface area contributed by atoms with Gasteiger partial charge in [-0.2, -0.15) is 30.3 Å². The predicted molar refractivity (Wildman–Crippen MR) is 335 cm³/mol. The summed E-state index contributed by atoms with van der Waals surface area (Å²) < 4.78 is 0. The number of hydrogen-bond acceptors (Lipinski definition) is 13. The summed E-state index contributed by atoms with van der Waals surface area (Å²) in [7, 11) is 0. The number of pyridine rings is 3. The number of nitrogens with one attached hydrogen (secondary N) is 3. The number of amides is 3. The van der Waals surface area contributed by atoms with Gasteiger partial charge < -0.3 is 16.0 Å². The van der Waals surface area contributed by atoms with Crippen LogP contribution in [-0.4, -0.2) is 94.0 Å². The number of rotatable bonds is 21. The summed E-state index contributed by atoms with van der Waals surface area (Å²) in [6.07, 6.45) is 5.09. The molecular weight excluding hydrogens is 1060 g/mol. The molecule has 0 saturated heterocycles. The van der Waals surface area contributed by atoms with Crippen molar-refractivity contribution in [2.45, 2.75) is 0 Å². The van der Waals surface area contributed by atoms with Crippen molar-refractivity contribution < 1.29 is 14.4 Å². The van der Waals surface area contributed by atoms with Crippen molar-refractivity contribution >= 4 is 69.0 Å². The van der Waals surface area contributed by atoms with Crippen LogP contribution in [0.15, 0.2) is 287 Å². The Morgan fingerprint density at radius 3 is 0.812 bits per heavy atom. The normalized spacial score (nSPS) is 15.8. The van der Waals surface area contributed by atoms with Gasteiger partial charge in [0.15, 0.2) is 0 Å². The number of carbonyl (C=O) groups is 3. The Morgan fingerprint density at radius 1 is 0.318 bits per heavy atom. The second-order valence-electron chi connectivity index (χ2n) is 19.8. The third kappa shape index (κ3) is 11.9. The molecule has 3 amide bonds. The monoisotopic (exact) mass is 1120 g/mol. The van der Waals surface area contributed by atoms with E-state index >= 15 is 0 Å². The van der Waals surface area contributed by atoms with Gasteiger partial charge in [-0.1, -0.05) is 164 Å². The number of para-hydroxylation sites is 3. The van der Waals surface area contributed by atoms with Gasteiger partial charge in [0.05, 0.1) is 68.0 Å². The minimum absolute atomic E-state index is 0.298. The highest BCUT2D eigenvalue weighted by atomic mass is 16.2. The summed E-state index contributed by atoms with van der Waals surface area (Å²) in [5.41, 5.74) is 10.2. The molecule has 3 N–H and O–H groups in total. The number of hydrogen-bond donors (Lipinski definition) is 3. The molecule has 0 aliphatic carbocycles. The van der Waals surface area contributed by atoms with Crippen LogP contribution in [0.1, 0.15) is 33.8 Å². The van der Waals surface area contributed by atoms with E-state index in [1.807, 2.05) is 237 Å². The number of hydrazone groups is 3. The first-order chi connectivity index (χ1) is 42.0. The highest BCUT2D eigenvalue weighted by Crippen LogP contribution is 2.34. The Labute approximate surface area is 492 Å². The zero-order valence-electron chi connectivity index (χ0n) is 46.2. The lowest BCUT2D eigenvalue weighted by Crippen LogP contribution is -2.41. The predicted octanol–water partition coefficient (Wildman–Crippen LogP) is 9.83. The molecule has 3 aromatic heterocycles. The third-order valence-corrected chi connectivity index (χ3v) is 14.4. The zero-order valence-corrected chi connectivity index (χ0v) is 46.2. The topological polar surface area (TPSA) is 176 Å². The molecular formula is C69H57N13O3. The maximum Gasteiger partial charge on any atom is 0.283 e. The highest BCUT2D eigenvalue weighted by molar-refractivity contribution is 6.40. The van der Waals surface area contributed by atoms with Crippen molar-refractivity contribution in [2.24, 2.45) is 15.3 Å². The molecule has 0 spiro atoms. The minimum Gasteiger partial charge on any atom is -0.383 e. The molecule has 12 rings (SSSR count). The fraction of sp³-hybridized carbons (Fsp3) is 0.0870. The molecule has 0 radical (unpaired) electrons. The van der Waals surface area contributed by atoms with Gasteiger partial charge in [0.1, 0.15) is 17.1 Å². The third-order valence-electron chi connectivity index (χ3n) is 14.4. The van der Waals surface area contributed by atoms with Gasteiger partial charge in [-0.3, -0.25) is 34.2 Å². The van der Waals surface area contributed by atoms with Crippen LogP contribution in [0.25, 0.3) is 17.1 Å². The van der Waals surface area contributed by atoms with E-state index in [-0.39, 0.29) is 17.7 Å². The molecule has 6 heterocycles. The smallest absolute Gasteiger partial charge is 0.283 e. The standard InChI is InChI=1S/C69H57N13O3/c83-67-58(64(55-37-19-22-40-70-55)76-80(67)52-31-13-4-14-32-52)61(49-25-7-1-8-26-49)73-43-46-79(47-44-74-62(50-27-9-2-10-28-50)59-65(56-38-20-23-41-71-56)77-81(68(59)84)53-33-15-5-16-34-53)48-45-75-63(51-29-11-3-12-30-51)60-66(57-39-21-24-42-72-57)78-82(69(60)85)54-35-17-6-18-36-54/h1-42,73-75H,43-48H2/b61-58+,62-59+,63-60+. The van der Waals surface area contributed by atoms with Crippen molar-refractivity contribution in [3.8, 4) is 0 Å². The van der Waals surface area contributed by atoms with Crippen molar-refractivity contribution in [1.82, 2.24) is 35.8 Å². The first kappa shape index (κ1) is 54.4. The van der Waals surface area contributed by atoms with Crippen molar-refractivity contribution in [2.75, 3.05) is 54.3 Å². The van der Waals surface area contributed by atoms with E-state index in [4.69, 9.17) is 15.3 Å². The Morgan fingerprint density at radius 2 is 0.565 bits per heavy atom. The van der Waals surface area contributed by atoms with Crippen LogP contribution in [0, 0.1) is 0 Å². The van der Waals surface area contributed by atoms with E-state index < -0.39 is 0 Å². The lowest BCUT2D eigenvalue weighted by atomic mass is 9.99. The van der Waals surface area contributed by atoms with E-state index in [2.05, 4.69) is 35.8 Å². The second kappa shape index (κ2) is 25.7. The first-order valence-electron chi connectivity index (χ1n) is 28.0. The maximum atomic E-state index is 14.9. The van der Waals surface area contributed by atoms with E-state index in [9.17, 15) is 14.4 Å². The van der Waals surface area contributed by atoms with Gasteiger partial charge in [-0.15, -0.1) is 0 Å². The summed E-state index contributed by atoms with van der Waals surface area (Å²) in [6.45, 7) is 2.54. The molecule has 3 aliphatic rings. The highest BCUT2D eigenvalue weighted by Gasteiger charge is 2.39. The summed E-state index contributed by atoms with van der Waals surface area (Å²) in [5.74, 6) is -0.894. The summed E-state index contributed by atoms with van der Waals surface area (Å²) >= 11 is 0. The van der Waals surface area contributed by atoms with Gasteiger partial charge in [0, 0.05) is 57.9 Å². The van der Waals surface area contributed by atoms with E-state index in [1.54, 1.807) is 18.6 Å². The van der Waals surface area contributed by atoms with Gasteiger partial charge in [0.2, 0.25) is 0 Å². The molecule has 9 aromatic rings. The minimum atomic E-state index is -0.298. The SMILES string of the molecule is O=C1/C(=C(/NCCN(CCN/C(=C2/C(=O)N(c3ccccc3)N=C2c2ccccn2)c2ccccc2)CCN/C(=C2/C(=O)N(c3ccccc3)N=C2c2ccccn2)c2ccccc2)c2ccccc2)C(c2ccccn2)=NN1c1ccccc1. The molecule has 3 aliphatic heterocycles. The maximum absolute atomic E-state index is 14.9. The molecule has 416 valence electrons. The molecule has 0 fully saturated rings. The quantitative estimate of drug-likeness (QED) is 0.0588. The first-order valence-corrected chi connectivity index (χ1v) is 28.0. The van der Waals surface area contributed by atoms with Gasteiger partial charge in [0.25, 0.3) is 17.7 Å². The van der Waals surface area contributed by atoms with Gasteiger partial charge >= 0.3 is 0 Å². The van der Waals surface area contributed by atoms with Gasteiger partial charge in [-0.05, 0) is 89.5 Å². The molecule has 6 aromatic carbocycles. The number of benzene rings is 6. The van der Waals surface area contributed by atoms with Gasteiger partial charge in [-0.25, -0.2) is 0 Å². The lowest BCUT2D eigenvalue weighted by molar-refractivity contribution is -0.115. The van der Waals surface area contributed by atoms with Crippen LogP contribution in [0.5, 0.6) is 0 Å². The second-order valence-corrected chi connectivity index (χ2v) is 19.8. The summed E-state index contributed by atoms with van der Waals surface area (Å²) in [4.78, 5) is 61.1. The van der Waals surface area contributed by atoms with E-state index in [0.717, 1.165) is 16.7 Å². The largest absolute Gasteiger partial charge is 0.383 e. The van der Waals surface area contributed by atoms with Crippen molar-refractivity contribution in [1.29, 1.82) is 0 Å². The fourth-order valence-corrected chi connectivity index (χ4v) is 10.3. The average molecular weight is 1120 g/mol. The number of nitrogens with zero attached hydrogens (tertiary/aromatic N) is 10. The molecule has 16 heteroatoms. The van der Waals surface area contributed by atoms with E-state index in [1.165, 1.54) is 15.0 Å². The van der Waals surface area contributed by atoms with Crippen LogP contribution in [0.2, 0.25) is 0 Å². The molecule has 0 atom stereocenters. The molecule has 16 nitrogen and oxygen atoms in total. The molecule has 0 unspecified atom stereocenters. The van der Waals surface area contributed by atoms with Crippen LogP contribution in [-0.2, 0) is 14.4 Å². The fourth-order valence-electron chi connectivity index (χ4n) is 10.3. The number of anilines is 3. The van der Waals surface area contributed by atoms with Crippen LogP contribution < -0.4 is 31.0 Å². The zero-order chi connectivity index (χ0) is 57.7. The number of carbonyl (C=O) groups excluding carboxylic acids is 3. The molecule has 0 saturated carbocycles. The Balaban J connectivity index is 0.902. The summed E-state index contributed by atoms with van der Waals surface area (Å²) in [6, 6.07) is 74.2. The Hall–Kier alpha value is -11.2.